The zero-order chi connectivity index (χ0) is 25.0. The van der Waals surface area contributed by atoms with Crippen LogP contribution in [-0.2, 0) is 7.05 Å². The van der Waals surface area contributed by atoms with Gasteiger partial charge in [-0.3, -0.25) is 14.7 Å². The fourth-order valence-corrected chi connectivity index (χ4v) is 5.43. The highest BCUT2D eigenvalue weighted by Gasteiger charge is 2.39. The van der Waals surface area contributed by atoms with Crippen molar-refractivity contribution in [1.29, 1.82) is 0 Å². The van der Waals surface area contributed by atoms with E-state index in [4.69, 9.17) is 4.74 Å². The molecule has 36 heavy (non-hydrogen) atoms. The second-order valence-corrected chi connectivity index (χ2v) is 9.19. The summed E-state index contributed by atoms with van der Waals surface area (Å²) < 4.78 is 22.5. The fraction of sp³-hybridized carbons (Fsp3) is 0.269. The van der Waals surface area contributed by atoms with Crippen molar-refractivity contribution >= 4 is 28.2 Å². The van der Waals surface area contributed by atoms with Crippen molar-refractivity contribution in [3.63, 3.8) is 0 Å². The number of halogens is 1. The summed E-state index contributed by atoms with van der Waals surface area (Å²) in [5.41, 5.74) is 2.63. The van der Waals surface area contributed by atoms with Crippen LogP contribution in [0.4, 0.5) is 15.8 Å². The van der Waals surface area contributed by atoms with Gasteiger partial charge in [0.25, 0.3) is 5.69 Å². The van der Waals surface area contributed by atoms with Gasteiger partial charge < -0.3 is 20.3 Å². The molecule has 10 heteroatoms. The van der Waals surface area contributed by atoms with Gasteiger partial charge in [0.15, 0.2) is 0 Å². The second kappa shape index (κ2) is 8.49. The van der Waals surface area contributed by atoms with Gasteiger partial charge in [-0.2, -0.15) is 5.10 Å². The van der Waals surface area contributed by atoms with E-state index >= 15 is 0 Å². The number of nitrogens with one attached hydrogen (secondary N) is 2. The largest absolute Gasteiger partial charge is 0.496 e. The lowest BCUT2D eigenvalue weighted by Crippen LogP contribution is -2.44. The van der Waals surface area contributed by atoms with E-state index in [9.17, 15) is 14.4 Å². The lowest BCUT2D eigenvalue weighted by Gasteiger charge is -2.31. The highest BCUT2D eigenvalue weighted by molar-refractivity contribution is 6.08. The Kier molecular flexibility index (Phi) is 5.26. The van der Waals surface area contributed by atoms with E-state index < -0.39 is 11.7 Å². The number of ether oxygens (including phenoxy) is 1. The van der Waals surface area contributed by atoms with E-state index in [1.54, 1.807) is 12.1 Å². The Labute approximate surface area is 206 Å². The number of pyridine rings is 1. The number of benzene rings is 2. The zero-order valence-electron chi connectivity index (χ0n) is 19.9. The van der Waals surface area contributed by atoms with Gasteiger partial charge in [-0.25, -0.2) is 4.39 Å². The summed E-state index contributed by atoms with van der Waals surface area (Å²) in [5, 5.41) is 22.8. The molecule has 0 saturated carbocycles. The number of amides is 1. The summed E-state index contributed by atoms with van der Waals surface area (Å²) in [7, 11) is 3.31. The first-order chi connectivity index (χ1) is 17.5. The van der Waals surface area contributed by atoms with Crippen molar-refractivity contribution in [1.82, 2.24) is 15.1 Å². The summed E-state index contributed by atoms with van der Waals surface area (Å²) in [5.74, 6) is -0.851. The molecule has 0 aliphatic carbocycles. The minimum atomic E-state index is -0.572. The Balaban J connectivity index is 1.40. The number of piperazine rings is 1. The van der Waals surface area contributed by atoms with Crippen LogP contribution >= 0.6 is 0 Å². The molecule has 2 aromatic carbocycles. The van der Waals surface area contributed by atoms with Crippen molar-refractivity contribution in [2.75, 3.05) is 30.4 Å². The molecule has 4 aromatic rings. The maximum atomic E-state index is 14.7. The van der Waals surface area contributed by atoms with Crippen LogP contribution in [0.5, 0.6) is 5.75 Å². The van der Waals surface area contributed by atoms with Crippen molar-refractivity contribution in [3.05, 3.63) is 66.2 Å². The molecule has 3 N–H and O–H groups in total. The summed E-state index contributed by atoms with van der Waals surface area (Å²) in [6.45, 7) is 1.72. The third kappa shape index (κ3) is 3.44. The first-order valence-corrected chi connectivity index (χ1v) is 11.8. The second-order valence-electron chi connectivity index (χ2n) is 9.19. The molecule has 4 heterocycles. The third-order valence-corrected chi connectivity index (χ3v) is 7.14. The van der Waals surface area contributed by atoms with E-state index in [-0.39, 0.29) is 22.7 Å². The van der Waals surface area contributed by atoms with Gasteiger partial charge >= 0.3 is 11.6 Å². The topological polar surface area (TPSA) is 95.5 Å². The quantitative estimate of drug-likeness (QED) is 0.295. The fourth-order valence-electron chi connectivity index (χ4n) is 5.43. The molecular formula is C26H26FN6O3+. The van der Waals surface area contributed by atoms with Gasteiger partial charge in [-0.05, 0) is 36.8 Å². The molecule has 2 aliphatic rings. The molecule has 2 fully saturated rings. The summed E-state index contributed by atoms with van der Waals surface area (Å²) in [6, 6.07) is 13.5. The molecule has 9 nitrogen and oxygen atoms in total. The van der Waals surface area contributed by atoms with Crippen LogP contribution in [-0.4, -0.2) is 53.2 Å². The monoisotopic (exact) mass is 489 g/mol. The molecule has 0 spiro atoms. The summed E-state index contributed by atoms with van der Waals surface area (Å²) in [4.78, 5) is 15.8. The first kappa shape index (κ1) is 22.3. The Bertz CT molecular complexity index is 1500. The first-order valence-electron chi connectivity index (χ1n) is 11.8. The SMILES string of the molecule is COc1cccc(F)c1-c1cccc(C(=O)Nc2ccc3c(cnn3C)c2N2C[C@H]3C[C@@H]2CN3)[n+]1O. The molecule has 2 saturated heterocycles. The summed E-state index contributed by atoms with van der Waals surface area (Å²) in [6.07, 6.45) is 2.87. The van der Waals surface area contributed by atoms with Crippen molar-refractivity contribution in [2.45, 2.75) is 18.5 Å². The van der Waals surface area contributed by atoms with Crippen LogP contribution in [0.2, 0.25) is 0 Å². The average molecular weight is 490 g/mol. The molecule has 2 bridgehead atoms. The number of rotatable bonds is 5. The normalized spacial score (nSPS) is 18.7. The standard InChI is InChI=1S/C26H25FN6O3/c1-31-20-10-9-19(25(17(20)13-29-31)32-14-15-11-16(32)12-28-15)30-26(34)22-7-4-6-21(33(22)35)24-18(27)5-3-8-23(24)36-2/h3-10,13,15-16,28H,11-12,14H2,1-2H3,(H-,30,34,35)/p+1/t15-,16-/m1/s1. The number of hydrogen-bond acceptors (Lipinski definition) is 6. The number of aromatic nitrogens is 3. The van der Waals surface area contributed by atoms with E-state index in [1.165, 1.54) is 31.4 Å². The lowest BCUT2D eigenvalue weighted by molar-refractivity contribution is -0.897. The van der Waals surface area contributed by atoms with Gasteiger partial charge in [0, 0.05) is 54.5 Å². The van der Waals surface area contributed by atoms with Crippen LogP contribution in [0, 0.1) is 5.82 Å². The molecule has 2 aromatic heterocycles. The molecule has 1 amide bonds. The smallest absolute Gasteiger partial charge is 0.325 e. The average Bonchev–Trinajstić information content (AvgIpc) is 3.60. The number of hydrogen-bond donors (Lipinski definition) is 3. The maximum absolute atomic E-state index is 14.7. The number of aryl methyl sites for hydroxylation is 1. The minimum Gasteiger partial charge on any atom is -0.496 e. The number of nitrogens with zero attached hydrogens (tertiary/aromatic N) is 4. The highest BCUT2D eigenvalue weighted by Crippen LogP contribution is 2.40. The Morgan fingerprint density at radius 2 is 2.08 bits per heavy atom. The molecular weight excluding hydrogens is 463 g/mol. The third-order valence-electron chi connectivity index (χ3n) is 7.14. The molecule has 6 rings (SSSR count). The summed E-state index contributed by atoms with van der Waals surface area (Å²) >= 11 is 0. The number of anilines is 2. The van der Waals surface area contributed by atoms with Crippen LogP contribution in [0.25, 0.3) is 22.2 Å². The van der Waals surface area contributed by atoms with E-state index in [0.717, 1.165) is 36.1 Å². The van der Waals surface area contributed by atoms with Crippen molar-refractivity contribution in [2.24, 2.45) is 7.05 Å². The van der Waals surface area contributed by atoms with Gasteiger partial charge in [-0.1, -0.05) is 6.07 Å². The van der Waals surface area contributed by atoms with Gasteiger partial charge in [0.2, 0.25) is 0 Å². The minimum absolute atomic E-state index is 0.0420. The Morgan fingerprint density at radius 3 is 2.83 bits per heavy atom. The Hall–Kier alpha value is -4.18. The predicted octanol–water partition coefficient (Wildman–Crippen LogP) is 2.72. The highest BCUT2D eigenvalue weighted by atomic mass is 19.1. The zero-order valence-corrected chi connectivity index (χ0v) is 19.9. The van der Waals surface area contributed by atoms with Crippen LogP contribution in [0.15, 0.2) is 54.7 Å². The number of methoxy groups -OCH3 is 1. The lowest BCUT2D eigenvalue weighted by atomic mass is 10.1. The number of fused-ring (bicyclic) bond motifs is 3. The molecule has 0 radical (unpaired) electrons. The molecule has 2 aliphatic heterocycles. The maximum Gasteiger partial charge on any atom is 0.325 e. The van der Waals surface area contributed by atoms with Crippen molar-refractivity contribution in [3.8, 4) is 17.0 Å². The van der Waals surface area contributed by atoms with Gasteiger partial charge in [-0.15, -0.1) is 0 Å². The van der Waals surface area contributed by atoms with Crippen molar-refractivity contribution < 1.29 is 23.9 Å². The molecule has 184 valence electrons. The molecule has 2 atom stereocenters. The van der Waals surface area contributed by atoms with E-state index in [2.05, 4.69) is 20.6 Å². The van der Waals surface area contributed by atoms with Gasteiger partial charge in [0.05, 0.1) is 30.2 Å². The number of carbonyl (C=O) groups is 1. The van der Waals surface area contributed by atoms with E-state index in [1.807, 2.05) is 30.1 Å². The number of carbonyl (C=O) groups excluding carboxylic acids is 1. The molecule has 0 unspecified atom stereocenters. The van der Waals surface area contributed by atoms with Crippen LogP contribution in [0.1, 0.15) is 16.9 Å². The van der Waals surface area contributed by atoms with Gasteiger partial charge in [0.1, 0.15) is 17.1 Å². The van der Waals surface area contributed by atoms with Crippen LogP contribution < -0.4 is 25.0 Å². The Morgan fingerprint density at radius 1 is 1.25 bits per heavy atom. The van der Waals surface area contributed by atoms with Crippen LogP contribution in [0.3, 0.4) is 0 Å². The van der Waals surface area contributed by atoms with E-state index in [0.29, 0.717) is 22.5 Å². The predicted molar refractivity (Wildman–Crippen MR) is 132 cm³/mol.